The van der Waals surface area contributed by atoms with Crippen LogP contribution in [0.25, 0.3) is 0 Å². The number of aromatic nitrogens is 1. The predicted octanol–water partition coefficient (Wildman–Crippen LogP) is 1.34. The molecular formula is C12H16N4O2S2. The summed E-state index contributed by atoms with van der Waals surface area (Å²) in [5.74, 6) is 0. The number of nitrogens with one attached hydrogen (secondary N) is 1. The van der Waals surface area contributed by atoms with E-state index < -0.39 is 10.0 Å². The molecule has 20 heavy (non-hydrogen) atoms. The van der Waals surface area contributed by atoms with Crippen molar-refractivity contribution in [2.75, 3.05) is 17.6 Å². The fraction of sp³-hybridized carbons (Fsp3) is 0.250. The lowest BCUT2D eigenvalue weighted by atomic mass is 10.2. The molecule has 0 unspecified atom stereocenters. The molecule has 6 nitrogen and oxygen atoms in total. The normalized spacial score (nSPS) is 11.5. The highest BCUT2D eigenvalue weighted by atomic mass is 32.2. The summed E-state index contributed by atoms with van der Waals surface area (Å²) in [5, 5.41) is 11.2. The van der Waals surface area contributed by atoms with Gasteiger partial charge in [-0.2, -0.15) is 0 Å². The first kappa shape index (κ1) is 14.8. The Morgan fingerprint density at radius 1 is 1.40 bits per heavy atom. The van der Waals surface area contributed by atoms with E-state index in [2.05, 4.69) is 10.3 Å². The van der Waals surface area contributed by atoms with Crippen molar-refractivity contribution in [3.05, 3.63) is 34.3 Å². The van der Waals surface area contributed by atoms with Crippen LogP contribution in [-0.2, 0) is 16.4 Å². The van der Waals surface area contributed by atoms with Crippen molar-refractivity contribution >= 4 is 32.7 Å². The summed E-state index contributed by atoms with van der Waals surface area (Å²) in [6.45, 7) is 2.57. The van der Waals surface area contributed by atoms with Gasteiger partial charge in [-0.1, -0.05) is 6.07 Å². The highest BCUT2D eigenvalue weighted by Gasteiger charge is 2.14. The molecule has 1 heterocycles. The molecule has 0 radical (unpaired) electrons. The van der Waals surface area contributed by atoms with Crippen LogP contribution < -0.4 is 16.2 Å². The summed E-state index contributed by atoms with van der Waals surface area (Å²) in [7, 11) is -3.81. The Kier molecular flexibility index (Phi) is 4.26. The minimum absolute atomic E-state index is 0.0630. The van der Waals surface area contributed by atoms with Gasteiger partial charge < -0.3 is 11.1 Å². The largest absolute Gasteiger partial charge is 0.396 e. The number of nitrogen functional groups attached to an aromatic ring is 1. The van der Waals surface area contributed by atoms with Gasteiger partial charge in [0.2, 0.25) is 10.0 Å². The van der Waals surface area contributed by atoms with Crippen LogP contribution in [0, 0.1) is 6.92 Å². The molecule has 0 bridgehead atoms. The summed E-state index contributed by atoms with van der Waals surface area (Å²) in [5.41, 5.74) is 7.52. The van der Waals surface area contributed by atoms with Crippen molar-refractivity contribution in [2.45, 2.75) is 18.2 Å². The van der Waals surface area contributed by atoms with Crippen LogP contribution in [-0.4, -0.2) is 19.9 Å². The van der Waals surface area contributed by atoms with Crippen LogP contribution in [0.15, 0.2) is 28.5 Å². The van der Waals surface area contributed by atoms with Crippen molar-refractivity contribution in [3.8, 4) is 0 Å². The fourth-order valence-electron chi connectivity index (χ4n) is 1.79. The highest BCUT2D eigenvalue weighted by molar-refractivity contribution is 7.89. The van der Waals surface area contributed by atoms with E-state index in [0.717, 1.165) is 17.1 Å². The quantitative estimate of drug-likeness (QED) is 0.721. The van der Waals surface area contributed by atoms with Crippen LogP contribution in [0.5, 0.6) is 0 Å². The first-order chi connectivity index (χ1) is 9.38. The van der Waals surface area contributed by atoms with E-state index in [-0.39, 0.29) is 10.6 Å². The second-order valence-electron chi connectivity index (χ2n) is 4.30. The summed E-state index contributed by atoms with van der Waals surface area (Å²) in [4.78, 5) is 4.29. The molecule has 1 aromatic carbocycles. The van der Waals surface area contributed by atoms with Crippen LogP contribution >= 0.6 is 11.3 Å². The third-order valence-electron chi connectivity index (χ3n) is 2.74. The highest BCUT2D eigenvalue weighted by Crippen LogP contribution is 2.25. The van der Waals surface area contributed by atoms with E-state index in [1.54, 1.807) is 23.5 Å². The van der Waals surface area contributed by atoms with E-state index in [0.29, 0.717) is 12.2 Å². The second kappa shape index (κ2) is 5.78. The Morgan fingerprint density at radius 2 is 2.15 bits per heavy atom. The zero-order chi connectivity index (χ0) is 14.8. The third-order valence-corrected chi connectivity index (χ3v) is 4.53. The van der Waals surface area contributed by atoms with Crippen LogP contribution in [0.2, 0.25) is 0 Å². The fourth-order valence-corrected chi connectivity index (χ4v) is 3.13. The minimum atomic E-state index is -3.81. The van der Waals surface area contributed by atoms with Crippen molar-refractivity contribution in [1.29, 1.82) is 0 Å². The van der Waals surface area contributed by atoms with Gasteiger partial charge in [0, 0.05) is 18.3 Å². The molecule has 0 saturated carbocycles. The second-order valence-corrected chi connectivity index (χ2v) is 6.89. The van der Waals surface area contributed by atoms with Gasteiger partial charge in [-0.05, 0) is 19.1 Å². The number of nitrogens with two attached hydrogens (primary N) is 2. The zero-order valence-corrected chi connectivity index (χ0v) is 12.6. The maximum atomic E-state index is 11.4. The molecular weight excluding hydrogens is 296 g/mol. The van der Waals surface area contributed by atoms with Crippen LogP contribution in [0.1, 0.15) is 10.7 Å². The van der Waals surface area contributed by atoms with E-state index >= 15 is 0 Å². The smallest absolute Gasteiger partial charge is 0.240 e. The molecule has 0 spiro atoms. The van der Waals surface area contributed by atoms with Crippen molar-refractivity contribution in [3.63, 3.8) is 0 Å². The molecule has 2 rings (SSSR count). The number of thiazole rings is 1. The molecule has 0 saturated heterocycles. The Bertz CT molecular complexity index is 710. The molecule has 8 heteroatoms. The first-order valence-corrected chi connectivity index (χ1v) is 8.36. The molecule has 2 aromatic rings. The molecule has 0 aliphatic heterocycles. The van der Waals surface area contributed by atoms with Gasteiger partial charge in [-0.3, -0.25) is 0 Å². The number of rotatable bonds is 5. The number of aryl methyl sites for hydroxylation is 1. The number of primary sulfonamides is 1. The monoisotopic (exact) mass is 312 g/mol. The molecule has 108 valence electrons. The van der Waals surface area contributed by atoms with Gasteiger partial charge in [0.1, 0.15) is 4.90 Å². The van der Waals surface area contributed by atoms with Gasteiger partial charge in [-0.15, -0.1) is 11.3 Å². The molecule has 1 aromatic heterocycles. The van der Waals surface area contributed by atoms with Gasteiger partial charge in [-0.25, -0.2) is 18.5 Å². The van der Waals surface area contributed by atoms with Crippen molar-refractivity contribution < 1.29 is 8.42 Å². The summed E-state index contributed by atoms with van der Waals surface area (Å²) < 4.78 is 22.7. The van der Waals surface area contributed by atoms with Gasteiger partial charge >= 0.3 is 0 Å². The Balaban J connectivity index is 2.07. The molecule has 0 atom stereocenters. The van der Waals surface area contributed by atoms with E-state index in [1.807, 2.05) is 12.3 Å². The number of benzene rings is 1. The Hall–Kier alpha value is -1.64. The maximum Gasteiger partial charge on any atom is 0.240 e. The van der Waals surface area contributed by atoms with E-state index in [4.69, 9.17) is 10.9 Å². The lowest BCUT2D eigenvalue weighted by molar-refractivity contribution is 0.598. The maximum absolute atomic E-state index is 11.4. The number of sulfonamides is 1. The van der Waals surface area contributed by atoms with Crippen LogP contribution in [0.4, 0.5) is 11.4 Å². The molecule has 0 fully saturated rings. The first-order valence-electron chi connectivity index (χ1n) is 5.94. The molecule has 0 aliphatic carbocycles. The van der Waals surface area contributed by atoms with Gasteiger partial charge in [0.05, 0.1) is 22.1 Å². The lowest BCUT2D eigenvalue weighted by Gasteiger charge is -2.11. The van der Waals surface area contributed by atoms with E-state index in [1.165, 1.54) is 6.07 Å². The molecule has 5 N–H and O–H groups in total. The number of para-hydroxylation sites is 1. The number of hydrogen-bond donors (Lipinski definition) is 3. The Morgan fingerprint density at radius 3 is 2.75 bits per heavy atom. The standard InChI is InChI=1S/C12H16N4O2S2/c1-8-16-9(7-19-8)5-6-15-10-3-2-4-11(12(10)13)20(14,17)18/h2-4,7,15H,5-6,13H2,1H3,(H2,14,17,18). The van der Waals surface area contributed by atoms with Crippen LogP contribution in [0.3, 0.4) is 0 Å². The number of hydrogen-bond acceptors (Lipinski definition) is 6. The summed E-state index contributed by atoms with van der Waals surface area (Å²) in [6, 6.07) is 4.71. The van der Waals surface area contributed by atoms with Crippen molar-refractivity contribution in [2.24, 2.45) is 5.14 Å². The Labute approximate surface area is 121 Å². The summed E-state index contributed by atoms with van der Waals surface area (Å²) in [6.07, 6.45) is 0.739. The summed E-state index contributed by atoms with van der Waals surface area (Å²) >= 11 is 1.60. The predicted molar refractivity (Wildman–Crippen MR) is 81.3 cm³/mol. The zero-order valence-electron chi connectivity index (χ0n) is 11.0. The number of anilines is 2. The van der Waals surface area contributed by atoms with Crippen molar-refractivity contribution in [1.82, 2.24) is 4.98 Å². The average molecular weight is 312 g/mol. The SMILES string of the molecule is Cc1nc(CCNc2cccc(S(N)(=O)=O)c2N)cs1. The van der Waals surface area contributed by atoms with E-state index in [9.17, 15) is 8.42 Å². The number of nitrogens with zero attached hydrogens (tertiary/aromatic N) is 1. The lowest BCUT2D eigenvalue weighted by Crippen LogP contribution is -2.16. The van der Waals surface area contributed by atoms with Gasteiger partial charge in [0.25, 0.3) is 0 Å². The average Bonchev–Trinajstić information content (AvgIpc) is 2.76. The third kappa shape index (κ3) is 3.47. The molecule has 0 amide bonds. The topological polar surface area (TPSA) is 111 Å². The minimum Gasteiger partial charge on any atom is -0.396 e. The molecule has 0 aliphatic rings. The van der Waals surface area contributed by atoms with Gasteiger partial charge in [0.15, 0.2) is 0 Å².